The number of benzene rings is 3. The lowest BCUT2D eigenvalue weighted by atomic mass is 9.88. The van der Waals surface area contributed by atoms with Crippen LogP contribution in [0.1, 0.15) is 46.6 Å². The average molecular weight is 516 g/mol. The molecular weight excluding hydrogens is 481 g/mol. The standard InChI is InChI=1S/C28H35ClNO4P/c1-21-7-8-24(17-22(21)2)18-26(25-5-3-6-27(29)19-25)13-15-34-28-11-9-23(10-12-28)20-30-14-4-16-35(31,32)33/h3,5-12,17,19,26,30H,4,13-16,18,20H2,1-2H3,(H2,31,32,33). The van der Waals surface area contributed by atoms with E-state index in [9.17, 15) is 4.57 Å². The smallest absolute Gasteiger partial charge is 0.325 e. The molecule has 0 aliphatic carbocycles. The van der Waals surface area contributed by atoms with Gasteiger partial charge < -0.3 is 19.8 Å². The van der Waals surface area contributed by atoms with Crippen molar-refractivity contribution in [1.29, 1.82) is 0 Å². The summed E-state index contributed by atoms with van der Waals surface area (Å²) in [6.45, 7) is 6.10. The Labute approximate surface area is 213 Å². The summed E-state index contributed by atoms with van der Waals surface area (Å²) < 4.78 is 17.0. The van der Waals surface area contributed by atoms with Gasteiger partial charge in [-0.25, -0.2) is 0 Å². The molecule has 3 aromatic carbocycles. The van der Waals surface area contributed by atoms with E-state index in [1.54, 1.807) is 0 Å². The second kappa shape index (κ2) is 13.2. The molecule has 5 nitrogen and oxygen atoms in total. The Morgan fingerprint density at radius 3 is 2.40 bits per heavy atom. The molecule has 0 saturated heterocycles. The van der Waals surface area contributed by atoms with Crippen LogP contribution in [0.4, 0.5) is 0 Å². The number of nitrogens with one attached hydrogen (secondary N) is 1. The third kappa shape index (κ3) is 9.79. The molecule has 0 radical (unpaired) electrons. The molecule has 1 atom stereocenters. The van der Waals surface area contributed by atoms with Gasteiger partial charge in [-0.1, -0.05) is 54.1 Å². The molecule has 0 heterocycles. The Kier molecular flexibility index (Phi) is 10.4. The minimum atomic E-state index is -3.91. The lowest BCUT2D eigenvalue weighted by Gasteiger charge is -2.19. The Morgan fingerprint density at radius 2 is 1.71 bits per heavy atom. The maximum absolute atomic E-state index is 10.9. The molecule has 3 rings (SSSR count). The normalized spacial score (nSPS) is 12.5. The summed E-state index contributed by atoms with van der Waals surface area (Å²) in [5.74, 6) is 1.12. The van der Waals surface area contributed by atoms with Crippen molar-refractivity contribution in [3.8, 4) is 5.75 Å². The van der Waals surface area contributed by atoms with Crippen molar-refractivity contribution >= 4 is 19.2 Å². The molecule has 3 N–H and O–H groups in total. The molecule has 0 spiro atoms. The zero-order valence-electron chi connectivity index (χ0n) is 20.4. The van der Waals surface area contributed by atoms with E-state index in [2.05, 4.69) is 49.5 Å². The molecule has 0 saturated carbocycles. The van der Waals surface area contributed by atoms with Gasteiger partial charge in [0.05, 0.1) is 12.8 Å². The fraction of sp³-hybridized carbons (Fsp3) is 0.357. The quantitative estimate of drug-likeness (QED) is 0.181. The maximum atomic E-state index is 10.9. The minimum absolute atomic E-state index is 0.0908. The van der Waals surface area contributed by atoms with E-state index in [0.717, 1.165) is 29.2 Å². The lowest BCUT2D eigenvalue weighted by molar-refractivity contribution is 0.297. The summed E-state index contributed by atoms with van der Waals surface area (Å²) in [6, 6.07) is 22.7. The predicted molar refractivity (Wildman–Crippen MR) is 144 cm³/mol. The van der Waals surface area contributed by atoms with Crippen molar-refractivity contribution < 1.29 is 19.1 Å². The summed E-state index contributed by atoms with van der Waals surface area (Å²) in [5, 5.41) is 3.96. The number of rotatable bonds is 13. The van der Waals surface area contributed by atoms with E-state index >= 15 is 0 Å². The molecule has 0 aromatic heterocycles. The highest BCUT2D eigenvalue weighted by molar-refractivity contribution is 7.51. The number of ether oxygens (including phenoxy) is 1. The summed E-state index contributed by atoms with van der Waals surface area (Å²) >= 11 is 6.29. The van der Waals surface area contributed by atoms with Crippen molar-refractivity contribution in [3.05, 3.63) is 99.6 Å². The minimum Gasteiger partial charge on any atom is -0.494 e. The van der Waals surface area contributed by atoms with E-state index in [1.807, 2.05) is 36.4 Å². The van der Waals surface area contributed by atoms with E-state index < -0.39 is 7.60 Å². The van der Waals surface area contributed by atoms with Gasteiger partial charge in [0.2, 0.25) is 0 Å². The maximum Gasteiger partial charge on any atom is 0.325 e. The van der Waals surface area contributed by atoms with Gasteiger partial charge in [0.15, 0.2) is 0 Å². The third-order valence-electron chi connectivity index (χ3n) is 6.16. The second-order valence-electron chi connectivity index (χ2n) is 9.07. The Morgan fingerprint density at radius 1 is 0.971 bits per heavy atom. The van der Waals surface area contributed by atoms with Gasteiger partial charge in [-0.05, 0) is 97.7 Å². The topological polar surface area (TPSA) is 78.8 Å². The monoisotopic (exact) mass is 515 g/mol. The first-order valence-electron chi connectivity index (χ1n) is 12.0. The Hall–Kier alpha value is -2.14. The molecular formula is C28H35ClNO4P. The largest absolute Gasteiger partial charge is 0.494 e. The van der Waals surface area contributed by atoms with Gasteiger partial charge in [-0.3, -0.25) is 4.57 Å². The van der Waals surface area contributed by atoms with Gasteiger partial charge in [0, 0.05) is 11.6 Å². The first-order chi connectivity index (χ1) is 16.7. The van der Waals surface area contributed by atoms with Crippen LogP contribution in [0.15, 0.2) is 66.7 Å². The van der Waals surface area contributed by atoms with Crippen LogP contribution in [0.5, 0.6) is 5.75 Å². The Bertz CT molecular complexity index is 1130. The number of hydrogen-bond donors (Lipinski definition) is 3. The van der Waals surface area contributed by atoms with E-state index in [1.165, 1.54) is 22.3 Å². The fourth-order valence-electron chi connectivity index (χ4n) is 4.03. The van der Waals surface area contributed by atoms with Gasteiger partial charge in [0.1, 0.15) is 5.75 Å². The summed E-state index contributed by atoms with van der Waals surface area (Å²) in [5.41, 5.74) is 6.24. The predicted octanol–water partition coefficient (Wildman–Crippen LogP) is 6.41. The summed E-state index contributed by atoms with van der Waals surface area (Å²) in [7, 11) is -3.91. The lowest BCUT2D eigenvalue weighted by Crippen LogP contribution is -2.15. The highest BCUT2D eigenvalue weighted by atomic mass is 35.5. The molecule has 35 heavy (non-hydrogen) atoms. The van der Waals surface area contributed by atoms with Crippen LogP contribution in [0, 0.1) is 13.8 Å². The van der Waals surface area contributed by atoms with Gasteiger partial charge in [-0.15, -0.1) is 0 Å². The van der Waals surface area contributed by atoms with Crippen LogP contribution in [0.25, 0.3) is 0 Å². The first kappa shape index (κ1) is 27.4. The van der Waals surface area contributed by atoms with Crippen LogP contribution in [-0.2, 0) is 17.5 Å². The highest BCUT2D eigenvalue weighted by Gasteiger charge is 2.14. The molecule has 0 amide bonds. The van der Waals surface area contributed by atoms with E-state index in [-0.39, 0.29) is 6.16 Å². The van der Waals surface area contributed by atoms with Gasteiger partial charge in [-0.2, -0.15) is 0 Å². The van der Waals surface area contributed by atoms with Crippen LogP contribution < -0.4 is 10.1 Å². The summed E-state index contributed by atoms with van der Waals surface area (Å²) in [4.78, 5) is 17.8. The molecule has 0 aliphatic rings. The molecule has 3 aromatic rings. The highest BCUT2D eigenvalue weighted by Crippen LogP contribution is 2.34. The van der Waals surface area contributed by atoms with Crippen molar-refractivity contribution in [2.75, 3.05) is 19.3 Å². The van der Waals surface area contributed by atoms with Crippen molar-refractivity contribution in [1.82, 2.24) is 5.32 Å². The molecule has 1 unspecified atom stereocenters. The number of halogens is 1. The summed E-state index contributed by atoms with van der Waals surface area (Å²) in [6.07, 6.45) is 2.15. The second-order valence-corrected chi connectivity index (χ2v) is 11.3. The van der Waals surface area contributed by atoms with Crippen molar-refractivity contribution in [2.45, 2.75) is 45.6 Å². The number of aryl methyl sites for hydroxylation is 2. The average Bonchev–Trinajstić information content (AvgIpc) is 2.81. The van der Waals surface area contributed by atoms with Gasteiger partial charge >= 0.3 is 7.60 Å². The third-order valence-corrected chi connectivity index (χ3v) is 7.30. The molecule has 0 aliphatic heterocycles. The van der Waals surface area contributed by atoms with Crippen molar-refractivity contribution in [3.63, 3.8) is 0 Å². The van der Waals surface area contributed by atoms with Crippen LogP contribution in [0.2, 0.25) is 5.02 Å². The van der Waals surface area contributed by atoms with E-state index in [0.29, 0.717) is 32.0 Å². The fourth-order valence-corrected chi connectivity index (χ4v) is 4.80. The first-order valence-corrected chi connectivity index (χ1v) is 14.2. The molecule has 0 fully saturated rings. The molecule has 7 heteroatoms. The van der Waals surface area contributed by atoms with Crippen LogP contribution >= 0.6 is 19.2 Å². The van der Waals surface area contributed by atoms with Crippen LogP contribution in [-0.4, -0.2) is 29.1 Å². The Balaban J connectivity index is 1.53. The SMILES string of the molecule is Cc1ccc(CC(CCOc2ccc(CNCCCP(=O)(O)O)cc2)c2cccc(Cl)c2)cc1C. The van der Waals surface area contributed by atoms with E-state index in [4.69, 9.17) is 26.1 Å². The van der Waals surface area contributed by atoms with Crippen molar-refractivity contribution in [2.24, 2.45) is 0 Å². The van der Waals surface area contributed by atoms with Crippen LogP contribution in [0.3, 0.4) is 0 Å². The number of hydrogen-bond acceptors (Lipinski definition) is 3. The molecule has 0 bridgehead atoms. The zero-order valence-corrected chi connectivity index (χ0v) is 22.1. The van der Waals surface area contributed by atoms with Gasteiger partial charge in [0.25, 0.3) is 0 Å². The molecule has 188 valence electrons. The zero-order chi connectivity index (χ0) is 25.3.